The number of benzene rings is 8. The molecule has 0 N–H and O–H groups in total. The van der Waals surface area contributed by atoms with E-state index >= 15 is 0 Å². The van der Waals surface area contributed by atoms with Gasteiger partial charge in [-0.15, -0.1) is 0 Å². The van der Waals surface area contributed by atoms with Gasteiger partial charge in [0.1, 0.15) is 0 Å². The van der Waals surface area contributed by atoms with Crippen LogP contribution in [0.1, 0.15) is 0 Å². The fourth-order valence-electron chi connectivity index (χ4n) is 7.75. The van der Waals surface area contributed by atoms with Crippen molar-refractivity contribution in [3.8, 4) is 44.8 Å². The molecule has 10 aromatic rings. The second-order valence-electron chi connectivity index (χ2n) is 13.0. The lowest BCUT2D eigenvalue weighted by molar-refractivity contribution is 1.18. The first-order valence-electron chi connectivity index (χ1n) is 17.2. The van der Waals surface area contributed by atoms with Crippen LogP contribution in [0.4, 0.5) is 0 Å². The molecular weight excluding hydrogens is 605 g/mol. The molecule has 0 spiro atoms. The van der Waals surface area contributed by atoms with E-state index in [2.05, 4.69) is 203 Å². The molecule has 0 saturated heterocycles. The molecule has 2 heteroatoms. The Morgan fingerprint density at radius 3 is 1.32 bits per heavy atom. The van der Waals surface area contributed by atoms with Crippen molar-refractivity contribution in [2.75, 3.05) is 0 Å². The lowest BCUT2D eigenvalue weighted by atomic mass is 10.0. The number of para-hydroxylation sites is 2. The van der Waals surface area contributed by atoms with E-state index in [1.807, 2.05) is 0 Å². The average Bonchev–Trinajstić information content (AvgIpc) is 3.70. The van der Waals surface area contributed by atoms with E-state index in [0.29, 0.717) is 0 Å². The van der Waals surface area contributed by atoms with Crippen molar-refractivity contribution < 1.29 is 0 Å². The predicted molar refractivity (Wildman–Crippen MR) is 211 cm³/mol. The lowest BCUT2D eigenvalue weighted by Crippen LogP contribution is -1.95. The largest absolute Gasteiger partial charge is 0.309 e. The minimum Gasteiger partial charge on any atom is -0.309 e. The van der Waals surface area contributed by atoms with Gasteiger partial charge >= 0.3 is 0 Å². The third-order valence-electron chi connectivity index (χ3n) is 10.1. The summed E-state index contributed by atoms with van der Waals surface area (Å²) in [7, 11) is 0. The van der Waals surface area contributed by atoms with E-state index in [4.69, 9.17) is 0 Å². The zero-order valence-corrected chi connectivity index (χ0v) is 27.4. The Balaban J connectivity index is 1.17. The molecule has 2 aromatic heterocycles. The highest BCUT2D eigenvalue weighted by molar-refractivity contribution is 6.12. The Hall–Kier alpha value is -6.64. The summed E-state index contributed by atoms with van der Waals surface area (Å²) in [6.07, 6.45) is 0. The van der Waals surface area contributed by atoms with E-state index in [0.717, 1.165) is 5.69 Å². The molecule has 0 radical (unpaired) electrons. The molecular formula is C48H32N2. The average molecular weight is 637 g/mol. The lowest BCUT2D eigenvalue weighted by Gasteiger charge is -2.12. The normalized spacial score (nSPS) is 11.6. The van der Waals surface area contributed by atoms with Crippen LogP contribution in [0.5, 0.6) is 0 Å². The molecule has 0 unspecified atom stereocenters. The zero-order chi connectivity index (χ0) is 33.0. The number of aromatic nitrogens is 2. The molecule has 0 fully saturated rings. The van der Waals surface area contributed by atoms with E-state index in [-0.39, 0.29) is 0 Å². The van der Waals surface area contributed by atoms with Crippen LogP contribution in [0.15, 0.2) is 194 Å². The summed E-state index contributed by atoms with van der Waals surface area (Å²) >= 11 is 0. The van der Waals surface area contributed by atoms with Crippen molar-refractivity contribution in [3.63, 3.8) is 0 Å². The number of hydrogen-bond acceptors (Lipinski definition) is 0. The first-order valence-corrected chi connectivity index (χ1v) is 17.2. The van der Waals surface area contributed by atoms with Crippen molar-refractivity contribution in [2.24, 2.45) is 0 Å². The number of fused-ring (bicyclic) bond motifs is 6. The highest BCUT2D eigenvalue weighted by Gasteiger charge is 2.17. The van der Waals surface area contributed by atoms with Crippen LogP contribution in [-0.2, 0) is 0 Å². The molecule has 0 bridgehead atoms. The molecule has 0 saturated carbocycles. The van der Waals surface area contributed by atoms with Gasteiger partial charge in [0.25, 0.3) is 0 Å². The molecule has 0 aliphatic carbocycles. The van der Waals surface area contributed by atoms with Crippen molar-refractivity contribution in [2.45, 2.75) is 0 Å². The summed E-state index contributed by atoms with van der Waals surface area (Å²) in [5.74, 6) is 0. The van der Waals surface area contributed by atoms with Gasteiger partial charge in [-0.05, 0) is 94.0 Å². The number of hydrogen-bond donors (Lipinski definition) is 0. The molecule has 0 amide bonds. The molecule has 8 aromatic carbocycles. The van der Waals surface area contributed by atoms with E-state index in [9.17, 15) is 0 Å². The highest BCUT2D eigenvalue weighted by Crippen LogP contribution is 2.39. The van der Waals surface area contributed by atoms with Gasteiger partial charge in [-0.3, -0.25) is 0 Å². The smallest absolute Gasteiger partial charge is 0.0547 e. The molecule has 234 valence electrons. The van der Waals surface area contributed by atoms with Crippen molar-refractivity contribution in [1.29, 1.82) is 0 Å². The van der Waals surface area contributed by atoms with Gasteiger partial charge < -0.3 is 9.13 Å². The Bertz CT molecular complexity index is 2740. The third kappa shape index (κ3) is 4.57. The van der Waals surface area contributed by atoms with Gasteiger partial charge in [0, 0.05) is 32.9 Å². The fraction of sp³-hybridized carbons (Fsp3) is 0. The van der Waals surface area contributed by atoms with Gasteiger partial charge in [0.05, 0.1) is 22.1 Å². The topological polar surface area (TPSA) is 9.86 Å². The molecule has 2 nitrogen and oxygen atoms in total. The van der Waals surface area contributed by atoms with Gasteiger partial charge in [-0.1, -0.05) is 133 Å². The number of nitrogens with zero attached hydrogens (tertiary/aromatic N) is 2. The van der Waals surface area contributed by atoms with Crippen molar-refractivity contribution in [3.05, 3.63) is 194 Å². The van der Waals surface area contributed by atoms with Crippen LogP contribution in [0, 0.1) is 0 Å². The maximum atomic E-state index is 2.43. The Kier molecular flexibility index (Phi) is 6.53. The van der Waals surface area contributed by atoms with E-state index < -0.39 is 0 Å². The minimum absolute atomic E-state index is 1.14. The summed E-state index contributed by atoms with van der Waals surface area (Å²) in [4.78, 5) is 0. The van der Waals surface area contributed by atoms with Gasteiger partial charge in [-0.2, -0.15) is 0 Å². The quantitative estimate of drug-likeness (QED) is 0.178. The monoisotopic (exact) mass is 636 g/mol. The molecule has 0 aliphatic heterocycles. The molecule has 10 rings (SSSR count). The first-order chi connectivity index (χ1) is 24.8. The van der Waals surface area contributed by atoms with Crippen molar-refractivity contribution >= 4 is 43.6 Å². The standard InChI is InChI=1S/C48H32N2/c1-4-13-33(14-5-1)36-24-27-46-43(30-36)44-31-37(34-15-6-2-7-16-34)25-28-47(44)50(46)40-20-12-17-35(29-40)38-23-26-42-41-21-10-11-22-45(41)49(48(42)32-38)39-18-8-3-9-19-39/h1-32H. The van der Waals surface area contributed by atoms with Crippen LogP contribution >= 0.6 is 0 Å². The van der Waals surface area contributed by atoms with E-state index in [1.54, 1.807) is 0 Å². The molecule has 0 atom stereocenters. The Labute approximate surface area is 290 Å². The summed E-state index contributed by atoms with van der Waals surface area (Å²) in [6, 6.07) is 70.4. The van der Waals surface area contributed by atoms with E-state index in [1.165, 1.54) is 82.7 Å². The zero-order valence-electron chi connectivity index (χ0n) is 27.4. The maximum absolute atomic E-state index is 2.43. The molecule has 0 aliphatic rings. The number of rotatable bonds is 5. The highest BCUT2D eigenvalue weighted by atomic mass is 15.0. The van der Waals surface area contributed by atoms with Gasteiger partial charge in [-0.25, -0.2) is 0 Å². The van der Waals surface area contributed by atoms with Crippen LogP contribution < -0.4 is 0 Å². The second kappa shape index (κ2) is 11.5. The first kappa shape index (κ1) is 28.4. The maximum Gasteiger partial charge on any atom is 0.0547 e. The van der Waals surface area contributed by atoms with Gasteiger partial charge in [0.15, 0.2) is 0 Å². The second-order valence-corrected chi connectivity index (χ2v) is 13.0. The van der Waals surface area contributed by atoms with Gasteiger partial charge in [0.2, 0.25) is 0 Å². The van der Waals surface area contributed by atoms with Crippen molar-refractivity contribution in [1.82, 2.24) is 9.13 Å². The molecule has 2 heterocycles. The Morgan fingerprint density at radius 1 is 0.220 bits per heavy atom. The fourth-order valence-corrected chi connectivity index (χ4v) is 7.75. The molecule has 50 heavy (non-hydrogen) atoms. The SMILES string of the molecule is c1ccc(-c2ccc3c(c2)c2cc(-c4ccccc4)ccc2n3-c2cccc(-c3ccc4c5ccccc5n(-c5ccccc5)c4c3)c2)cc1. The summed E-state index contributed by atoms with van der Waals surface area (Å²) < 4.78 is 4.82. The summed E-state index contributed by atoms with van der Waals surface area (Å²) in [6.45, 7) is 0. The van der Waals surface area contributed by atoms with Crippen LogP contribution in [0.3, 0.4) is 0 Å². The minimum atomic E-state index is 1.14. The summed E-state index contributed by atoms with van der Waals surface area (Å²) in [5, 5.41) is 5.02. The van der Waals surface area contributed by atoms with Crippen LogP contribution in [0.2, 0.25) is 0 Å². The predicted octanol–water partition coefficient (Wildman–Crippen LogP) is 12.9. The third-order valence-corrected chi connectivity index (χ3v) is 10.1. The van der Waals surface area contributed by atoms with Crippen LogP contribution in [0.25, 0.3) is 88.4 Å². The Morgan fingerprint density at radius 2 is 0.660 bits per heavy atom. The van der Waals surface area contributed by atoms with Crippen LogP contribution in [-0.4, -0.2) is 9.13 Å². The summed E-state index contributed by atoms with van der Waals surface area (Å²) in [5.41, 5.74) is 14.4.